The minimum absolute atomic E-state index is 0.0291. The molecule has 2 unspecified atom stereocenters. The van der Waals surface area contributed by atoms with Crippen molar-refractivity contribution >= 4 is 21.8 Å². The van der Waals surface area contributed by atoms with E-state index >= 15 is 0 Å². The van der Waals surface area contributed by atoms with Crippen LogP contribution in [0.3, 0.4) is 0 Å². The van der Waals surface area contributed by atoms with E-state index in [-0.39, 0.29) is 18.0 Å². The van der Waals surface area contributed by atoms with Gasteiger partial charge in [-0.3, -0.25) is 4.79 Å². The summed E-state index contributed by atoms with van der Waals surface area (Å²) >= 11 is 3.45. The Morgan fingerprint density at radius 3 is 2.65 bits per heavy atom. The third-order valence-corrected chi connectivity index (χ3v) is 3.72. The van der Waals surface area contributed by atoms with Gasteiger partial charge in [0, 0.05) is 12.5 Å². The molecule has 0 fully saturated rings. The topological polar surface area (TPSA) is 50.4 Å². The number of rotatable bonds is 7. The highest BCUT2D eigenvalue weighted by atomic mass is 79.9. The number of hydrogen-bond donors (Lipinski definition) is 2. The second-order valence-corrected chi connectivity index (χ2v) is 5.70. The lowest BCUT2D eigenvalue weighted by atomic mass is 10.1. The summed E-state index contributed by atoms with van der Waals surface area (Å²) in [6.07, 6.45) is 0.482. The fraction of sp³-hybridized carbons (Fsp3) is 0.533. The molecule has 1 amide bonds. The molecule has 5 heteroatoms. The maximum absolute atomic E-state index is 11.9. The molecular weight excluding hydrogens is 320 g/mol. The molecule has 2 N–H and O–H groups in total. The Balaban J connectivity index is 2.60. The van der Waals surface area contributed by atoms with E-state index in [9.17, 15) is 4.79 Å². The largest absolute Gasteiger partial charge is 0.496 e. The summed E-state index contributed by atoms with van der Waals surface area (Å²) in [5.74, 6) is 0.839. The highest BCUT2D eigenvalue weighted by Gasteiger charge is 2.13. The predicted molar refractivity (Wildman–Crippen MR) is 85.0 cm³/mol. The smallest absolute Gasteiger partial charge is 0.222 e. The van der Waals surface area contributed by atoms with Crippen LogP contribution < -0.4 is 15.4 Å². The summed E-state index contributed by atoms with van der Waals surface area (Å²) in [5.41, 5.74) is 1.04. The van der Waals surface area contributed by atoms with E-state index in [0.29, 0.717) is 6.42 Å². The number of carbonyl (C=O) groups is 1. The molecule has 0 spiro atoms. The van der Waals surface area contributed by atoms with Gasteiger partial charge in [0.05, 0.1) is 17.6 Å². The first-order valence-electron chi connectivity index (χ1n) is 6.84. The molecule has 0 saturated heterocycles. The molecule has 0 heterocycles. The van der Waals surface area contributed by atoms with Crippen LogP contribution in [0.15, 0.2) is 22.7 Å². The average molecular weight is 343 g/mol. The van der Waals surface area contributed by atoms with Crippen LogP contribution in [-0.2, 0) is 4.79 Å². The lowest BCUT2D eigenvalue weighted by molar-refractivity contribution is -0.122. The highest BCUT2D eigenvalue weighted by Crippen LogP contribution is 2.27. The molecule has 0 aliphatic rings. The standard InChI is InChI=1S/C15H23BrN2O2/c1-5-17-10(2)8-15(19)18-11(3)12-6-7-14(20-4)13(16)9-12/h6-7,9-11,17H,5,8H2,1-4H3,(H,18,19). The van der Waals surface area contributed by atoms with Crippen molar-refractivity contribution in [3.05, 3.63) is 28.2 Å². The third-order valence-electron chi connectivity index (χ3n) is 3.10. The van der Waals surface area contributed by atoms with Crippen molar-refractivity contribution in [3.63, 3.8) is 0 Å². The van der Waals surface area contributed by atoms with Crippen molar-refractivity contribution in [1.29, 1.82) is 0 Å². The molecule has 4 nitrogen and oxygen atoms in total. The van der Waals surface area contributed by atoms with E-state index in [1.54, 1.807) is 7.11 Å². The maximum atomic E-state index is 11.9. The predicted octanol–water partition coefficient (Wildman–Crippen LogP) is 3.02. The zero-order valence-electron chi connectivity index (χ0n) is 12.5. The molecule has 1 aromatic carbocycles. The van der Waals surface area contributed by atoms with Crippen LogP contribution in [-0.4, -0.2) is 25.6 Å². The van der Waals surface area contributed by atoms with Crippen molar-refractivity contribution in [2.45, 2.75) is 39.3 Å². The Morgan fingerprint density at radius 2 is 2.10 bits per heavy atom. The van der Waals surface area contributed by atoms with Gasteiger partial charge in [0.15, 0.2) is 0 Å². The van der Waals surface area contributed by atoms with Crippen LogP contribution in [0, 0.1) is 0 Å². The van der Waals surface area contributed by atoms with Crippen molar-refractivity contribution in [2.24, 2.45) is 0 Å². The van der Waals surface area contributed by atoms with Gasteiger partial charge in [-0.15, -0.1) is 0 Å². The van der Waals surface area contributed by atoms with Gasteiger partial charge >= 0.3 is 0 Å². The van der Waals surface area contributed by atoms with E-state index in [2.05, 4.69) is 26.6 Å². The Hall–Kier alpha value is -1.07. The van der Waals surface area contributed by atoms with E-state index in [0.717, 1.165) is 22.3 Å². The van der Waals surface area contributed by atoms with Gasteiger partial charge in [-0.2, -0.15) is 0 Å². The number of benzene rings is 1. The van der Waals surface area contributed by atoms with Crippen LogP contribution in [0.4, 0.5) is 0 Å². The van der Waals surface area contributed by atoms with Crippen molar-refractivity contribution < 1.29 is 9.53 Å². The summed E-state index contributed by atoms with van der Waals surface area (Å²) in [4.78, 5) is 11.9. The van der Waals surface area contributed by atoms with Gasteiger partial charge < -0.3 is 15.4 Å². The summed E-state index contributed by atoms with van der Waals surface area (Å²) in [6.45, 7) is 6.89. The highest BCUT2D eigenvalue weighted by molar-refractivity contribution is 9.10. The first-order valence-corrected chi connectivity index (χ1v) is 7.63. The number of hydrogen-bond acceptors (Lipinski definition) is 3. The summed E-state index contributed by atoms with van der Waals surface area (Å²) < 4.78 is 6.09. The fourth-order valence-electron chi connectivity index (χ4n) is 2.03. The second-order valence-electron chi connectivity index (χ2n) is 4.85. The van der Waals surface area contributed by atoms with Gasteiger partial charge in [0.2, 0.25) is 5.91 Å². The molecule has 1 aromatic rings. The van der Waals surface area contributed by atoms with E-state index in [1.807, 2.05) is 39.0 Å². The number of ether oxygens (including phenoxy) is 1. The molecule has 0 saturated carbocycles. The molecule has 0 bridgehead atoms. The average Bonchev–Trinajstić information content (AvgIpc) is 2.38. The van der Waals surface area contributed by atoms with Crippen LogP contribution in [0.5, 0.6) is 5.75 Å². The van der Waals surface area contributed by atoms with Gasteiger partial charge in [0.1, 0.15) is 5.75 Å². The van der Waals surface area contributed by atoms with Gasteiger partial charge in [0.25, 0.3) is 0 Å². The number of methoxy groups -OCH3 is 1. The van der Waals surface area contributed by atoms with E-state index in [1.165, 1.54) is 0 Å². The zero-order chi connectivity index (χ0) is 15.1. The lowest BCUT2D eigenvalue weighted by Gasteiger charge is -2.18. The van der Waals surface area contributed by atoms with E-state index < -0.39 is 0 Å². The zero-order valence-corrected chi connectivity index (χ0v) is 14.1. The van der Waals surface area contributed by atoms with Crippen LogP contribution >= 0.6 is 15.9 Å². The van der Waals surface area contributed by atoms with Crippen LogP contribution in [0.25, 0.3) is 0 Å². The molecule has 112 valence electrons. The lowest BCUT2D eigenvalue weighted by Crippen LogP contribution is -2.34. The molecule has 0 radical (unpaired) electrons. The first kappa shape index (κ1) is 17.0. The summed E-state index contributed by atoms with van der Waals surface area (Å²) in [7, 11) is 1.63. The fourth-order valence-corrected chi connectivity index (χ4v) is 2.59. The Kier molecular flexibility index (Phi) is 7.02. The summed E-state index contributed by atoms with van der Waals surface area (Å²) in [5, 5.41) is 6.24. The van der Waals surface area contributed by atoms with Crippen LogP contribution in [0.2, 0.25) is 0 Å². The number of carbonyl (C=O) groups excluding carboxylic acids is 1. The Bertz CT molecular complexity index is 451. The van der Waals surface area contributed by atoms with Crippen LogP contribution in [0.1, 0.15) is 38.8 Å². The Morgan fingerprint density at radius 1 is 1.40 bits per heavy atom. The molecule has 0 aromatic heterocycles. The molecule has 2 atom stereocenters. The minimum Gasteiger partial charge on any atom is -0.496 e. The monoisotopic (exact) mass is 342 g/mol. The number of amides is 1. The molecule has 0 aliphatic heterocycles. The van der Waals surface area contributed by atoms with Gasteiger partial charge in [-0.05, 0) is 54.0 Å². The van der Waals surface area contributed by atoms with Crippen molar-refractivity contribution in [2.75, 3.05) is 13.7 Å². The number of halogens is 1. The van der Waals surface area contributed by atoms with Crippen molar-refractivity contribution in [1.82, 2.24) is 10.6 Å². The van der Waals surface area contributed by atoms with Gasteiger partial charge in [-0.25, -0.2) is 0 Å². The van der Waals surface area contributed by atoms with Gasteiger partial charge in [-0.1, -0.05) is 13.0 Å². The molecular formula is C15H23BrN2O2. The Labute approximate surface area is 129 Å². The minimum atomic E-state index is -0.0291. The molecule has 0 aliphatic carbocycles. The molecule has 20 heavy (non-hydrogen) atoms. The number of nitrogens with one attached hydrogen (secondary N) is 2. The SMILES string of the molecule is CCNC(C)CC(=O)NC(C)c1ccc(OC)c(Br)c1. The van der Waals surface area contributed by atoms with E-state index in [4.69, 9.17) is 4.74 Å². The quantitative estimate of drug-likeness (QED) is 0.800. The third kappa shape index (κ3) is 5.13. The maximum Gasteiger partial charge on any atom is 0.222 e. The normalized spacial score (nSPS) is 13.7. The first-order chi connectivity index (χ1) is 9.47. The second kappa shape index (κ2) is 8.27. The summed E-state index contributed by atoms with van der Waals surface area (Å²) in [6, 6.07) is 5.98. The molecule has 1 rings (SSSR count). The van der Waals surface area contributed by atoms with Crippen molar-refractivity contribution in [3.8, 4) is 5.75 Å².